The lowest BCUT2D eigenvalue weighted by Gasteiger charge is -2.21. The van der Waals surface area contributed by atoms with E-state index >= 15 is 0 Å². The van der Waals surface area contributed by atoms with Crippen molar-refractivity contribution in [3.8, 4) is 5.75 Å². The summed E-state index contributed by atoms with van der Waals surface area (Å²) in [6, 6.07) is 12.8. The molecule has 1 amide bonds. The molecule has 1 aliphatic rings. The summed E-state index contributed by atoms with van der Waals surface area (Å²) in [7, 11) is 0. The average molecular weight is 363 g/mol. The van der Waals surface area contributed by atoms with Gasteiger partial charge in [0.05, 0.1) is 5.02 Å². The van der Waals surface area contributed by atoms with Crippen molar-refractivity contribution in [3.05, 3.63) is 64.9 Å². The van der Waals surface area contributed by atoms with Gasteiger partial charge in [0, 0.05) is 18.2 Å². The molecule has 0 saturated heterocycles. The normalized spacial score (nSPS) is 16.1. The van der Waals surface area contributed by atoms with Gasteiger partial charge < -0.3 is 15.8 Å². The van der Waals surface area contributed by atoms with Gasteiger partial charge in [0.25, 0.3) is 5.91 Å². The first kappa shape index (κ1) is 17.7. The highest BCUT2D eigenvalue weighted by Gasteiger charge is 2.30. The number of hydrogen-bond donors (Lipinski definition) is 2. The van der Waals surface area contributed by atoms with Gasteiger partial charge in [-0.25, -0.2) is 4.39 Å². The van der Waals surface area contributed by atoms with Gasteiger partial charge >= 0.3 is 0 Å². The summed E-state index contributed by atoms with van der Waals surface area (Å²) in [4.78, 5) is 12.7. The number of nitrogens with two attached hydrogens (primary N) is 1. The standard InChI is InChI=1S/C19H20ClFN2O2/c20-15-10-14(21)8-9-17(15)25-18(13-4-2-1-3-5-13)19(24)23-11-16(22)12-6-7-12/h1-5,8-10,12,16,18H,6-7,11,22H2,(H,23,24). The molecular formula is C19H20ClFN2O2. The number of carbonyl (C=O) groups excluding carboxylic acids is 1. The van der Waals surface area contributed by atoms with Crippen LogP contribution in [0.15, 0.2) is 48.5 Å². The van der Waals surface area contributed by atoms with E-state index in [9.17, 15) is 9.18 Å². The highest BCUT2D eigenvalue weighted by atomic mass is 35.5. The predicted molar refractivity (Wildman–Crippen MR) is 94.9 cm³/mol. The molecular weight excluding hydrogens is 343 g/mol. The van der Waals surface area contributed by atoms with Crippen molar-refractivity contribution in [2.45, 2.75) is 25.0 Å². The van der Waals surface area contributed by atoms with E-state index in [1.54, 1.807) is 12.1 Å². The molecule has 1 fully saturated rings. The topological polar surface area (TPSA) is 64.3 Å². The van der Waals surface area contributed by atoms with E-state index in [0.29, 0.717) is 18.0 Å². The summed E-state index contributed by atoms with van der Waals surface area (Å²) >= 11 is 6.03. The van der Waals surface area contributed by atoms with Crippen molar-refractivity contribution in [1.82, 2.24) is 5.32 Å². The van der Waals surface area contributed by atoms with Gasteiger partial charge in [-0.2, -0.15) is 0 Å². The highest BCUT2D eigenvalue weighted by Crippen LogP contribution is 2.32. The molecule has 6 heteroatoms. The predicted octanol–water partition coefficient (Wildman–Crippen LogP) is 3.45. The maximum Gasteiger partial charge on any atom is 0.265 e. The van der Waals surface area contributed by atoms with Crippen LogP contribution in [0, 0.1) is 11.7 Å². The number of benzene rings is 2. The Morgan fingerprint density at radius 1 is 1.28 bits per heavy atom. The zero-order valence-corrected chi connectivity index (χ0v) is 14.4. The number of rotatable bonds is 7. The van der Waals surface area contributed by atoms with Gasteiger partial charge in [-0.3, -0.25) is 4.79 Å². The summed E-state index contributed by atoms with van der Waals surface area (Å²) in [5.74, 6) is -0.0299. The SMILES string of the molecule is NC(CNC(=O)C(Oc1ccc(F)cc1Cl)c1ccccc1)C1CC1. The number of amides is 1. The first-order chi connectivity index (χ1) is 12.0. The molecule has 2 unspecified atom stereocenters. The second-order valence-electron chi connectivity index (χ2n) is 6.23. The summed E-state index contributed by atoms with van der Waals surface area (Å²) in [5.41, 5.74) is 6.72. The Hall–Kier alpha value is -2.11. The molecule has 1 aliphatic carbocycles. The third kappa shape index (κ3) is 4.71. The van der Waals surface area contributed by atoms with Gasteiger partial charge in [-0.1, -0.05) is 41.9 Å². The summed E-state index contributed by atoms with van der Waals surface area (Å²) < 4.78 is 19.0. The van der Waals surface area contributed by atoms with Crippen molar-refractivity contribution < 1.29 is 13.9 Å². The lowest BCUT2D eigenvalue weighted by Crippen LogP contribution is -2.41. The summed E-state index contributed by atoms with van der Waals surface area (Å²) in [6.07, 6.45) is 1.33. The Morgan fingerprint density at radius 2 is 2.00 bits per heavy atom. The molecule has 2 aromatic rings. The molecule has 1 saturated carbocycles. The lowest BCUT2D eigenvalue weighted by molar-refractivity contribution is -0.128. The van der Waals surface area contributed by atoms with Crippen molar-refractivity contribution in [2.24, 2.45) is 11.7 Å². The lowest BCUT2D eigenvalue weighted by atomic mass is 10.1. The van der Waals surface area contributed by atoms with E-state index in [1.165, 1.54) is 12.1 Å². The fourth-order valence-electron chi connectivity index (χ4n) is 2.60. The Labute approximate surface area is 151 Å². The van der Waals surface area contributed by atoms with Crippen LogP contribution in [0.1, 0.15) is 24.5 Å². The second kappa shape index (κ2) is 7.85. The van der Waals surface area contributed by atoms with Crippen LogP contribution in [-0.4, -0.2) is 18.5 Å². The van der Waals surface area contributed by atoms with E-state index in [1.807, 2.05) is 18.2 Å². The Balaban J connectivity index is 1.76. The van der Waals surface area contributed by atoms with Gasteiger partial charge in [0.15, 0.2) is 0 Å². The molecule has 0 radical (unpaired) electrons. The molecule has 3 rings (SSSR count). The minimum Gasteiger partial charge on any atom is -0.474 e. The molecule has 4 nitrogen and oxygen atoms in total. The number of carbonyl (C=O) groups is 1. The largest absolute Gasteiger partial charge is 0.474 e. The van der Waals surface area contributed by atoms with Crippen molar-refractivity contribution in [3.63, 3.8) is 0 Å². The molecule has 3 N–H and O–H groups in total. The van der Waals surface area contributed by atoms with Crippen LogP contribution >= 0.6 is 11.6 Å². The minimum absolute atomic E-state index is 0.0465. The molecule has 2 aromatic carbocycles. The van der Waals surface area contributed by atoms with Gasteiger partial charge in [0.2, 0.25) is 6.10 Å². The first-order valence-corrected chi connectivity index (χ1v) is 8.62. The second-order valence-corrected chi connectivity index (χ2v) is 6.64. The van der Waals surface area contributed by atoms with Crippen LogP contribution < -0.4 is 15.8 Å². The third-order valence-corrected chi connectivity index (χ3v) is 4.51. The number of halogens is 2. The van der Waals surface area contributed by atoms with Gasteiger partial charge in [-0.15, -0.1) is 0 Å². The fourth-order valence-corrected chi connectivity index (χ4v) is 2.81. The zero-order chi connectivity index (χ0) is 17.8. The van der Waals surface area contributed by atoms with Crippen LogP contribution in [0.5, 0.6) is 5.75 Å². The van der Waals surface area contributed by atoms with E-state index in [-0.39, 0.29) is 22.7 Å². The quantitative estimate of drug-likeness (QED) is 0.792. The highest BCUT2D eigenvalue weighted by molar-refractivity contribution is 6.32. The number of ether oxygens (including phenoxy) is 1. The van der Waals surface area contributed by atoms with E-state index in [2.05, 4.69) is 5.32 Å². The Morgan fingerprint density at radius 3 is 2.64 bits per heavy atom. The smallest absolute Gasteiger partial charge is 0.265 e. The molecule has 0 spiro atoms. The monoisotopic (exact) mass is 362 g/mol. The van der Waals surface area contributed by atoms with E-state index < -0.39 is 11.9 Å². The molecule has 0 aliphatic heterocycles. The van der Waals surface area contributed by atoms with Crippen LogP contribution in [-0.2, 0) is 4.79 Å². The van der Waals surface area contributed by atoms with Crippen molar-refractivity contribution in [2.75, 3.05) is 6.54 Å². The van der Waals surface area contributed by atoms with Gasteiger partial charge in [-0.05, 0) is 37.0 Å². The van der Waals surface area contributed by atoms with E-state index in [4.69, 9.17) is 22.1 Å². The Kier molecular flexibility index (Phi) is 5.56. The third-order valence-electron chi connectivity index (χ3n) is 4.22. The van der Waals surface area contributed by atoms with E-state index in [0.717, 1.165) is 18.9 Å². The van der Waals surface area contributed by atoms with Crippen LogP contribution in [0.3, 0.4) is 0 Å². The zero-order valence-electron chi connectivity index (χ0n) is 13.6. The number of hydrogen-bond acceptors (Lipinski definition) is 3. The van der Waals surface area contributed by atoms with Crippen LogP contribution in [0.2, 0.25) is 5.02 Å². The molecule has 25 heavy (non-hydrogen) atoms. The van der Waals surface area contributed by atoms with Crippen molar-refractivity contribution >= 4 is 17.5 Å². The van der Waals surface area contributed by atoms with Crippen LogP contribution in [0.25, 0.3) is 0 Å². The molecule has 132 valence electrons. The average Bonchev–Trinajstić information content (AvgIpc) is 3.44. The summed E-state index contributed by atoms with van der Waals surface area (Å²) in [5, 5.41) is 2.96. The molecule has 0 aromatic heterocycles. The summed E-state index contributed by atoms with van der Waals surface area (Å²) in [6.45, 7) is 0.396. The minimum atomic E-state index is -0.893. The fraction of sp³-hybridized carbons (Fsp3) is 0.316. The number of nitrogens with one attached hydrogen (secondary N) is 1. The van der Waals surface area contributed by atoms with Crippen LogP contribution in [0.4, 0.5) is 4.39 Å². The molecule has 2 atom stereocenters. The maximum atomic E-state index is 13.2. The first-order valence-electron chi connectivity index (χ1n) is 8.24. The Bertz CT molecular complexity index is 737. The maximum absolute atomic E-state index is 13.2. The molecule has 0 heterocycles. The molecule has 0 bridgehead atoms. The van der Waals surface area contributed by atoms with Crippen molar-refractivity contribution in [1.29, 1.82) is 0 Å². The van der Waals surface area contributed by atoms with Gasteiger partial charge in [0.1, 0.15) is 11.6 Å².